The Morgan fingerprint density at radius 2 is 1.79 bits per heavy atom. The van der Waals surface area contributed by atoms with Crippen LogP contribution in [0, 0.1) is 19.7 Å². The lowest BCUT2D eigenvalue weighted by molar-refractivity contribution is 0.623. The van der Waals surface area contributed by atoms with Crippen LogP contribution in [-0.4, -0.2) is 0 Å². The van der Waals surface area contributed by atoms with E-state index in [1.54, 1.807) is 12.1 Å². The summed E-state index contributed by atoms with van der Waals surface area (Å²) in [6.45, 7) is 3.81. The molecule has 1 atom stereocenters. The van der Waals surface area contributed by atoms with Gasteiger partial charge in [0.1, 0.15) is 5.82 Å². The van der Waals surface area contributed by atoms with Gasteiger partial charge in [-0.2, -0.15) is 0 Å². The molecule has 0 nitrogen and oxygen atoms in total. The van der Waals surface area contributed by atoms with E-state index in [1.807, 2.05) is 32.0 Å². The molecule has 0 radical (unpaired) electrons. The highest BCUT2D eigenvalue weighted by atomic mass is 79.9. The molecule has 0 amide bonds. The van der Waals surface area contributed by atoms with Gasteiger partial charge in [0.2, 0.25) is 0 Å². The molecule has 0 bridgehead atoms. The smallest absolute Gasteiger partial charge is 0.123 e. The fourth-order valence-corrected chi connectivity index (χ4v) is 3.36. The SMILES string of the molecule is Cc1cc(F)cc(C)c1C(Cl)Cc1cccc(Br)c1. The molecule has 0 aliphatic rings. The van der Waals surface area contributed by atoms with Gasteiger partial charge in [-0.3, -0.25) is 0 Å². The lowest BCUT2D eigenvalue weighted by Gasteiger charge is -2.16. The average Bonchev–Trinajstić information content (AvgIpc) is 2.27. The minimum Gasteiger partial charge on any atom is -0.207 e. The number of benzene rings is 2. The summed E-state index contributed by atoms with van der Waals surface area (Å²) in [5, 5.41) is -0.144. The molecule has 100 valence electrons. The van der Waals surface area contributed by atoms with Crippen molar-refractivity contribution < 1.29 is 4.39 Å². The Hall–Kier alpha value is -0.860. The van der Waals surface area contributed by atoms with E-state index < -0.39 is 0 Å². The first-order valence-corrected chi connectivity index (χ1v) is 7.35. The molecule has 0 aliphatic carbocycles. The molecule has 2 rings (SSSR count). The highest BCUT2D eigenvalue weighted by molar-refractivity contribution is 9.10. The number of rotatable bonds is 3. The van der Waals surface area contributed by atoms with Crippen molar-refractivity contribution in [3.8, 4) is 0 Å². The Morgan fingerprint density at radius 3 is 2.37 bits per heavy atom. The van der Waals surface area contributed by atoms with Crippen LogP contribution in [0.4, 0.5) is 4.39 Å². The van der Waals surface area contributed by atoms with Crippen molar-refractivity contribution in [2.24, 2.45) is 0 Å². The summed E-state index contributed by atoms with van der Waals surface area (Å²) >= 11 is 9.97. The largest absolute Gasteiger partial charge is 0.207 e. The maximum atomic E-state index is 13.3. The van der Waals surface area contributed by atoms with Gasteiger partial charge in [-0.1, -0.05) is 28.1 Å². The van der Waals surface area contributed by atoms with Crippen LogP contribution in [-0.2, 0) is 6.42 Å². The summed E-state index contributed by atoms with van der Waals surface area (Å²) < 4.78 is 14.3. The van der Waals surface area contributed by atoms with Gasteiger partial charge in [0, 0.05) is 4.47 Å². The van der Waals surface area contributed by atoms with E-state index in [0.717, 1.165) is 33.1 Å². The van der Waals surface area contributed by atoms with Crippen molar-refractivity contribution in [3.63, 3.8) is 0 Å². The molecule has 0 saturated heterocycles. The molecule has 0 saturated carbocycles. The normalized spacial score (nSPS) is 12.5. The molecule has 0 aromatic heterocycles. The summed E-state index contributed by atoms with van der Waals surface area (Å²) in [4.78, 5) is 0. The standard InChI is InChI=1S/C16H15BrClF/c1-10-6-14(19)7-11(2)16(10)15(18)9-12-4-3-5-13(17)8-12/h3-8,15H,9H2,1-2H3. The molecule has 19 heavy (non-hydrogen) atoms. The maximum Gasteiger partial charge on any atom is 0.123 e. The van der Waals surface area contributed by atoms with Crippen LogP contribution in [0.1, 0.15) is 27.6 Å². The Labute approximate surface area is 126 Å². The summed E-state index contributed by atoms with van der Waals surface area (Å²) in [7, 11) is 0. The van der Waals surface area contributed by atoms with E-state index >= 15 is 0 Å². The van der Waals surface area contributed by atoms with E-state index in [-0.39, 0.29) is 11.2 Å². The minimum atomic E-state index is -0.204. The van der Waals surface area contributed by atoms with Gasteiger partial charge in [-0.15, -0.1) is 11.6 Å². The fourth-order valence-electron chi connectivity index (χ4n) is 2.39. The van der Waals surface area contributed by atoms with Gasteiger partial charge in [0.25, 0.3) is 0 Å². The molecule has 2 aromatic carbocycles. The van der Waals surface area contributed by atoms with Crippen LogP contribution in [0.15, 0.2) is 40.9 Å². The van der Waals surface area contributed by atoms with E-state index in [2.05, 4.69) is 22.0 Å². The Morgan fingerprint density at radius 1 is 1.16 bits per heavy atom. The first-order valence-electron chi connectivity index (χ1n) is 6.12. The van der Waals surface area contributed by atoms with Crippen molar-refractivity contribution in [2.45, 2.75) is 25.6 Å². The van der Waals surface area contributed by atoms with Crippen LogP contribution in [0.2, 0.25) is 0 Å². The van der Waals surface area contributed by atoms with E-state index in [0.29, 0.717) is 0 Å². The van der Waals surface area contributed by atoms with Gasteiger partial charge >= 0.3 is 0 Å². The molecule has 2 aromatic rings. The minimum absolute atomic E-state index is 0.144. The van der Waals surface area contributed by atoms with Gasteiger partial charge in [-0.05, 0) is 66.8 Å². The van der Waals surface area contributed by atoms with Gasteiger partial charge < -0.3 is 0 Å². The van der Waals surface area contributed by atoms with Crippen molar-refractivity contribution >= 4 is 27.5 Å². The van der Waals surface area contributed by atoms with Gasteiger partial charge in [-0.25, -0.2) is 4.39 Å². The Kier molecular flexibility index (Phi) is 4.64. The molecule has 0 fully saturated rings. The highest BCUT2D eigenvalue weighted by Crippen LogP contribution is 2.31. The predicted molar refractivity (Wildman–Crippen MR) is 82.3 cm³/mol. The molecule has 0 heterocycles. The zero-order valence-electron chi connectivity index (χ0n) is 10.9. The summed E-state index contributed by atoms with van der Waals surface area (Å²) in [6.07, 6.45) is 0.730. The fraction of sp³-hybridized carbons (Fsp3) is 0.250. The second-order valence-electron chi connectivity index (χ2n) is 4.75. The van der Waals surface area contributed by atoms with Crippen LogP contribution in [0.5, 0.6) is 0 Å². The van der Waals surface area contributed by atoms with Crippen LogP contribution >= 0.6 is 27.5 Å². The molecule has 0 N–H and O–H groups in total. The molecular formula is C16H15BrClF. The lowest BCUT2D eigenvalue weighted by Crippen LogP contribution is -2.02. The Bertz CT molecular complexity index is 572. The van der Waals surface area contributed by atoms with Gasteiger partial charge in [0.15, 0.2) is 0 Å². The first kappa shape index (κ1) is 14.5. The molecule has 0 spiro atoms. The topological polar surface area (TPSA) is 0 Å². The third-order valence-corrected chi connectivity index (χ3v) is 4.04. The number of aryl methyl sites for hydroxylation is 2. The van der Waals surface area contributed by atoms with Crippen molar-refractivity contribution in [1.29, 1.82) is 0 Å². The third-order valence-electron chi connectivity index (χ3n) is 3.18. The molecule has 0 aliphatic heterocycles. The van der Waals surface area contributed by atoms with Gasteiger partial charge in [0.05, 0.1) is 5.38 Å². The predicted octanol–water partition coefficient (Wildman–Crippen LogP) is 5.73. The second kappa shape index (κ2) is 6.06. The molecular weight excluding hydrogens is 327 g/mol. The van der Waals surface area contributed by atoms with Crippen LogP contribution in [0.3, 0.4) is 0 Å². The Balaban J connectivity index is 2.28. The van der Waals surface area contributed by atoms with E-state index in [4.69, 9.17) is 11.6 Å². The highest BCUT2D eigenvalue weighted by Gasteiger charge is 2.15. The van der Waals surface area contributed by atoms with Crippen LogP contribution < -0.4 is 0 Å². The number of hydrogen-bond donors (Lipinski definition) is 0. The zero-order chi connectivity index (χ0) is 14.0. The number of hydrogen-bond acceptors (Lipinski definition) is 0. The quantitative estimate of drug-likeness (QED) is 0.626. The second-order valence-corrected chi connectivity index (χ2v) is 6.20. The number of halogens is 3. The first-order chi connectivity index (χ1) is 8.97. The third kappa shape index (κ3) is 3.58. The molecule has 1 unspecified atom stereocenters. The van der Waals surface area contributed by atoms with Crippen LogP contribution in [0.25, 0.3) is 0 Å². The monoisotopic (exact) mass is 340 g/mol. The summed E-state index contributed by atoms with van der Waals surface area (Å²) in [5.74, 6) is -0.204. The van der Waals surface area contributed by atoms with Crippen molar-refractivity contribution in [1.82, 2.24) is 0 Å². The van der Waals surface area contributed by atoms with E-state index in [1.165, 1.54) is 0 Å². The van der Waals surface area contributed by atoms with E-state index in [9.17, 15) is 4.39 Å². The average molecular weight is 342 g/mol. The van der Waals surface area contributed by atoms with Crippen molar-refractivity contribution in [2.75, 3.05) is 0 Å². The maximum absolute atomic E-state index is 13.3. The zero-order valence-corrected chi connectivity index (χ0v) is 13.2. The summed E-state index contributed by atoms with van der Waals surface area (Å²) in [5.41, 5.74) is 4.01. The lowest BCUT2D eigenvalue weighted by atomic mass is 9.96. The summed E-state index contributed by atoms with van der Waals surface area (Å²) in [6, 6.07) is 11.2. The number of alkyl halides is 1. The molecule has 3 heteroatoms. The van der Waals surface area contributed by atoms with Crippen molar-refractivity contribution in [3.05, 3.63) is 68.9 Å².